The summed E-state index contributed by atoms with van der Waals surface area (Å²) in [6, 6.07) is 26.5. The summed E-state index contributed by atoms with van der Waals surface area (Å²) in [5.74, 6) is -2.77. The van der Waals surface area contributed by atoms with E-state index < -0.39 is 39.7 Å². The molecule has 1 aromatic heterocycles. The van der Waals surface area contributed by atoms with Gasteiger partial charge in [0.15, 0.2) is 0 Å². The summed E-state index contributed by atoms with van der Waals surface area (Å²) in [5.41, 5.74) is 2.45. The van der Waals surface area contributed by atoms with E-state index in [1.807, 2.05) is 60.7 Å². The molecule has 3 amide bonds. The van der Waals surface area contributed by atoms with E-state index in [4.69, 9.17) is 0 Å². The summed E-state index contributed by atoms with van der Waals surface area (Å²) in [7, 11) is 0. The number of amides is 3. The molecular formula is C36H30N4O6S2. The van der Waals surface area contributed by atoms with Gasteiger partial charge in [-0.2, -0.15) is 0 Å². The minimum atomic E-state index is -0.881. The lowest BCUT2D eigenvalue weighted by atomic mass is 9.81. The number of imide groups is 1. The van der Waals surface area contributed by atoms with Crippen LogP contribution in [-0.2, 0) is 26.3 Å². The fourth-order valence-electron chi connectivity index (χ4n) is 6.45. The molecule has 10 nitrogen and oxygen atoms in total. The van der Waals surface area contributed by atoms with E-state index in [0.29, 0.717) is 15.6 Å². The number of rotatable bonds is 6. The third-order valence-corrected chi connectivity index (χ3v) is 11.5. The maximum Gasteiger partial charge on any atom is 0.308 e. The van der Waals surface area contributed by atoms with Crippen LogP contribution in [0.4, 0.5) is 17.1 Å². The zero-order chi connectivity index (χ0) is 33.9. The van der Waals surface area contributed by atoms with Crippen LogP contribution in [-0.4, -0.2) is 32.5 Å². The van der Waals surface area contributed by atoms with Crippen LogP contribution in [0.25, 0.3) is 10.8 Å². The number of hydrogen-bond donors (Lipinski definition) is 1. The Balaban J connectivity index is 1.28. The SMILES string of the molecule is CC(C)(C)c1ccc([C@H]2c3sc(=O)n(CC(=O)Nc4cccc5ccccc45)c3SC3C(=O)N(c4ccc([N+](=O)[O-])cc4)C(=O)C32)cc1. The summed E-state index contributed by atoms with van der Waals surface area (Å²) >= 11 is 2.11. The molecule has 5 aromatic rings. The number of nitrogens with zero attached hydrogens (tertiary/aromatic N) is 3. The number of nitro groups is 1. The molecule has 0 spiro atoms. The maximum absolute atomic E-state index is 14.2. The van der Waals surface area contributed by atoms with Gasteiger partial charge in [0.25, 0.3) is 5.69 Å². The van der Waals surface area contributed by atoms with Crippen molar-refractivity contribution in [3.05, 3.63) is 127 Å². The summed E-state index contributed by atoms with van der Waals surface area (Å²) in [5, 5.41) is 15.6. The highest BCUT2D eigenvalue weighted by atomic mass is 32.2. The number of carbonyl (C=O) groups is 3. The Morgan fingerprint density at radius 2 is 1.58 bits per heavy atom. The first kappa shape index (κ1) is 31.5. The van der Waals surface area contributed by atoms with Crippen molar-refractivity contribution in [2.75, 3.05) is 10.2 Å². The molecule has 2 unspecified atom stereocenters. The molecule has 3 heterocycles. The van der Waals surface area contributed by atoms with Crippen LogP contribution in [0.15, 0.2) is 101 Å². The van der Waals surface area contributed by atoms with Gasteiger partial charge in [0.2, 0.25) is 17.7 Å². The van der Waals surface area contributed by atoms with Crippen molar-refractivity contribution in [2.24, 2.45) is 5.92 Å². The highest BCUT2D eigenvalue weighted by molar-refractivity contribution is 8.00. The lowest BCUT2D eigenvalue weighted by molar-refractivity contribution is -0.384. The first-order valence-electron chi connectivity index (χ1n) is 15.3. The monoisotopic (exact) mass is 678 g/mol. The number of thioether (sulfide) groups is 1. The van der Waals surface area contributed by atoms with Gasteiger partial charge < -0.3 is 5.32 Å². The van der Waals surface area contributed by atoms with Gasteiger partial charge in [0.1, 0.15) is 11.8 Å². The average molecular weight is 679 g/mol. The smallest absolute Gasteiger partial charge is 0.308 e. The number of anilines is 2. The summed E-state index contributed by atoms with van der Waals surface area (Å²) < 4.78 is 1.39. The molecule has 0 bridgehead atoms. The third-order valence-electron chi connectivity index (χ3n) is 8.87. The number of fused-ring (bicyclic) bond motifs is 3. The molecule has 1 saturated heterocycles. The van der Waals surface area contributed by atoms with Crippen molar-refractivity contribution in [3.8, 4) is 0 Å². The van der Waals surface area contributed by atoms with Crippen molar-refractivity contribution in [1.82, 2.24) is 4.57 Å². The molecule has 1 fully saturated rings. The van der Waals surface area contributed by atoms with E-state index in [9.17, 15) is 29.3 Å². The number of nitro benzene ring substituents is 1. The van der Waals surface area contributed by atoms with Crippen molar-refractivity contribution >= 4 is 68.7 Å². The molecule has 0 aliphatic carbocycles. The molecule has 2 aliphatic rings. The van der Waals surface area contributed by atoms with Gasteiger partial charge >= 0.3 is 4.87 Å². The normalized spacial score (nSPS) is 18.9. The minimum Gasteiger partial charge on any atom is -0.324 e. The highest BCUT2D eigenvalue weighted by Gasteiger charge is 2.57. The second-order valence-corrected chi connectivity index (χ2v) is 15.0. The first-order chi connectivity index (χ1) is 22.9. The van der Waals surface area contributed by atoms with Crippen LogP contribution in [0.5, 0.6) is 0 Å². The number of thiazole rings is 1. The number of aromatic nitrogens is 1. The highest BCUT2D eigenvalue weighted by Crippen LogP contribution is 2.54. The van der Waals surface area contributed by atoms with Gasteiger partial charge in [-0.3, -0.25) is 33.9 Å². The third kappa shape index (κ3) is 5.40. The van der Waals surface area contributed by atoms with E-state index in [1.54, 1.807) is 6.07 Å². The topological polar surface area (TPSA) is 132 Å². The van der Waals surface area contributed by atoms with Gasteiger partial charge in [-0.15, -0.1) is 0 Å². The molecule has 3 atom stereocenters. The molecule has 0 radical (unpaired) electrons. The predicted molar refractivity (Wildman–Crippen MR) is 187 cm³/mol. The molecule has 2 aliphatic heterocycles. The van der Waals surface area contributed by atoms with Gasteiger partial charge in [-0.1, -0.05) is 105 Å². The maximum atomic E-state index is 14.2. The Hall–Kier alpha value is -5.07. The minimum absolute atomic E-state index is 0.119. The zero-order valence-corrected chi connectivity index (χ0v) is 27.8. The van der Waals surface area contributed by atoms with Gasteiger partial charge in [-0.05, 0) is 40.1 Å². The van der Waals surface area contributed by atoms with E-state index in [2.05, 4.69) is 26.1 Å². The molecule has 7 rings (SSSR count). The second kappa shape index (κ2) is 11.9. The van der Waals surface area contributed by atoms with Crippen molar-refractivity contribution in [1.29, 1.82) is 0 Å². The lowest BCUT2D eigenvalue weighted by Crippen LogP contribution is -2.33. The number of hydrogen-bond acceptors (Lipinski definition) is 8. The van der Waals surface area contributed by atoms with Gasteiger partial charge in [0.05, 0.1) is 21.6 Å². The Bertz CT molecular complexity index is 2180. The number of nitrogens with one attached hydrogen (secondary N) is 1. The fourth-order valence-corrected chi connectivity index (χ4v) is 9.22. The Morgan fingerprint density at radius 1 is 0.896 bits per heavy atom. The standard InChI is InChI=1S/C36H30N4O6S2/c1-36(2,3)22-13-11-21(12-14-22)28-29-30(33(43)39(32(29)42)23-15-17-24(18-16-23)40(45)46)47-34-31(28)48-35(44)38(34)19-27(41)37-26-10-6-8-20-7-4-5-9-25(20)26/h4-18,28-30H,19H2,1-3H3,(H,37,41)/t28-,29?,30?/m1/s1. The summed E-state index contributed by atoms with van der Waals surface area (Å²) in [4.78, 5) is 67.3. The van der Waals surface area contributed by atoms with Crippen LogP contribution in [0.2, 0.25) is 0 Å². The zero-order valence-electron chi connectivity index (χ0n) is 26.2. The van der Waals surface area contributed by atoms with Crippen LogP contribution in [0.3, 0.4) is 0 Å². The van der Waals surface area contributed by atoms with Crippen LogP contribution < -0.4 is 15.1 Å². The van der Waals surface area contributed by atoms with E-state index in [1.165, 1.54) is 28.8 Å². The summed E-state index contributed by atoms with van der Waals surface area (Å²) in [6.45, 7) is 6.03. The lowest BCUT2D eigenvalue weighted by Gasteiger charge is -2.31. The Labute approximate surface area is 283 Å². The van der Waals surface area contributed by atoms with E-state index in [0.717, 1.165) is 49.9 Å². The van der Waals surface area contributed by atoms with Crippen molar-refractivity contribution in [3.63, 3.8) is 0 Å². The largest absolute Gasteiger partial charge is 0.324 e. The van der Waals surface area contributed by atoms with Crippen molar-refractivity contribution in [2.45, 2.75) is 48.9 Å². The number of benzene rings is 4. The van der Waals surface area contributed by atoms with Gasteiger partial charge in [0, 0.05) is 34.0 Å². The van der Waals surface area contributed by atoms with Crippen LogP contribution in [0, 0.1) is 16.0 Å². The molecule has 0 saturated carbocycles. The molecule has 242 valence electrons. The predicted octanol–water partition coefficient (Wildman–Crippen LogP) is 6.70. The molecule has 48 heavy (non-hydrogen) atoms. The van der Waals surface area contributed by atoms with E-state index in [-0.39, 0.29) is 28.2 Å². The van der Waals surface area contributed by atoms with E-state index >= 15 is 0 Å². The quantitative estimate of drug-likeness (QED) is 0.120. The number of carbonyl (C=O) groups excluding carboxylic acids is 3. The first-order valence-corrected chi connectivity index (χ1v) is 17.0. The fraction of sp³-hybridized carbons (Fsp3) is 0.222. The molecule has 4 aromatic carbocycles. The van der Waals surface area contributed by atoms with Crippen LogP contribution >= 0.6 is 23.1 Å². The Morgan fingerprint density at radius 3 is 2.27 bits per heavy atom. The molecular weight excluding hydrogens is 649 g/mol. The summed E-state index contributed by atoms with van der Waals surface area (Å²) in [6.07, 6.45) is 0. The molecule has 1 N–H and O–H groups in total. The van der Waals surface area contributed by atoms with Crippen LogP contribution in [0.1, 0.15) is 42.7 Å². The average Bonchev–Trinajstić information content (AvgIpc) is 3.50. The second-order valence-electron chi connectivity index (χ2n) is 12.9. The number of non-ortho nitro benzene ring substituents is 1. The molecule has 12 heteroatoms. The van der Waals surface area contributed by atoms with Crippen molar-refractivity contribution < 1.29 is 19.3 Å². The van der Waals surface area contributed by atoms with Gasteiger partial charge in [-0.25, -0.2) is 4.90 Å². The Kier molecular flexibility index (Phi) is 7.80.